The molecule has 5 heteroatoms. The van der Waals surface area contributed by atoms with Gasteiger partial charge in [-0.05, 0) is 30.7 Å². The van der Waals surface area contributed by atoms with Crippen LogP contribution in [-0.2, 0) is 6.54 Å². The highest BCUT2D eigenvalue weighted by atomic mass is 32.1. The molecule has 1 unspecified atom stereocenters. The molecule has 0 bridgehead atoms. The summed E-state index contributed by atoms with van der Waals surface area (Å²) >= 11 is 1.61. The second kappa shape index (κ2) is 6.02. The number of carbonyl (C=O) groups excluding carboxylic acids is 1. The van der Waals surface area contributed by atoms with Crippen molar-refractivity contribution in [2.24, 2.45) is 0 Å². The minimum atomic E-state index is -0.876. The molecule has 1 atom stereocenters. The van der Waals surface area contributed by atoms with Crippen LogP contribution in [0.1, 0.15) is 24.1 Å². The summed E-state index contributed by atoms with van der Waals surface area (Å²) in [6.45, 7) is 0.789. The summed E-state index contributed by atoms with van der Waals surface area (Å²) in [4.78, 5) is 12.7. The molecule has 2 amide bonds. The summed E-state index contributed by atoms with van der Waals surface area (Å²) in [6.07, 6.45) is 6.43. The van der Waals surface area contributed by atoms with Gasteiger partial charge in [-0.3, -0.25) is 0 Å². The molecule has 0 aliphatic heterocycles. The Balaban J connectivity index is 1.71. The maximum Gasteiger partial charge on any atom is 0.315 e. The molecule has 1 aromatic heterocycles. The largest absolute Gasteiger partial charge is 0.384 e. The van der Waals surface area contributed by atoms with Crippen LogP contribution in [0, 0.1) is 0 Å². The topological polar surface area (TPSA) is 61.4 Å². The Hall–Kier alpha value is -1.33. The lowest BCUT2D eigenvalue weighted by Gasteiger charge is -2.27. The van der Waals surface area contributed by atoms with Crippen LogP contribution in [0.4, 0.5) is 4.79 Å². The average molecular weight is 266 g/mol. The lowest BCUT2D eigenvalue weighted by Crippen LogP contribution is -2.45. The van der Waals surface area contributed by atoms with Gasteiger partial charge in [-0.2, -0.15) is 0 Å². The van der Waals surface area contributed by atoms with Gasteiger partial charge in [0.15, 0.2) is 0 Å². The van der Waals surface area contributed by atoms with E-state index in [4.69, 9.17) is 0 Å². The van der Waals surface area contributed by atoms with Crippen molar-refractivity contribution in [2.75, 3.05) is 6.54 Å². The molecule has 1 aliphatic rings. The van der Waals surface area contributed by atoms with Gasteiger partial charge in [0.1, 0.15) is 5.60 Å². The Morgan fingerprint density at radius 3 is 3.06 bits per heavy atom. The molecule has 0 saturated heterocycles. The van der Waals surface area contributed by atoms with Gasteiger partial charge in [-0.25, -0.2) is 4.79 Å². The molecule has 1 aliphatic carbocycles. The van der Waals surface area contributed by atoms with Crippen molar-refractivity contribution < 1.29 is 9.90 Å². The first-order valence-electron chi connectivity index (χ1n) is 6.12. The maximum atomic E-state index is 11.6. The molecule has 0 aromatic carbocycles. The van der Waals surface area contributed by atoms with E-state index in [2.05, 4.69) is 10.6 Å². The van der Waals surface area contributed by atoms with E-state index in [0.29, 0.717) is 13.0 Å². The SMILES string of the molecule is O=C(NCc1cccs1)NCC1(O)C=CCCC1. The first-order chi connectivity index (χ1) is 8.68. The smallest absolute Gasteiger partial charge is 0.315 e. The van der Waals surface area contributed by atoms with E-state index < -0.39 is 5.60 Å². The minimum Gasteiger partial charge on any atom is -0.384 e. The molecule has 18 heavy (non-hydrogen) atoms. The molecule has 1 heterocycles. The number of thiophene rings is 1. The summed E-state index contributed by atoms with van der Waals surface area (Å²) in [5, 5.41) is 17.6. The van der Waals surface area contributed by atoms with Crippen molar-refractivity contribution in [2.45, 2.75) is 31.4 Å². The number of rotatable bonds is 4. The molecular formula is C13H18N2O2S. The van der Waals surface area contributed by atoms with Crippen molar-refractivity contribution in [1.29, 1.82) is 0 Å². The van der Waals surface area contributed by atoms with Gasteiger partial charge >= 0.3 is 6.03 Å². The second-order valence-electron chi connectivity index (χ2n) is 4.51. The lowest BCUT2D eigenvalue weighted by molar-refractivity contribution is 0.0762. The summed E-state index contributed by atoms with van der Waals surface area (Å²) in [5.74, 6) is 0. The van der Waals surface area contributed by atoms with Gasteiger partial charge in [-0.15, -0.1) is 11.3 Å². The highest BCUT2D eigenvalue weighted by Gasteiger charge is 2.25. The van der Waals surface area contributed by atoms with Crippen molar-refractivity contribution in [3.8, 4) is 0 Å². The van der Waals surface area contributed by atoms with Gasteiger partial charge in [0.25, 0.3) is 0 Å². The van der Waals surface area contributed by atoms with Gasteiger partial charge in [0, 0.05) is 4.88 Å². The summed E-state index contributed by atoms with van der Waals surface area (Å²) in [6, 6.07) is 3.69. The van der Waals surface area contributed by atoms with Crippen LogP contribution in [0.25, 0.3) is 0 Å². The fourth-order valence-electron chi connectivity index (χ4n) is 1.94. The summed E-state index contributed by atoms with van der Waals surface area (Å²) in [5.41, 5.74) is -0.876. The quantitative estimate of drug-likeness (QED) is 0.730. The minimum absolute atomic E-state index is 0.240. The van der Waals surface area contributed by atoms with E-state index in [-0.39, 0.29) is 12.6 Å². The normalized spacial score (nSPS) is 22.7. The lowest BCUT2D eigenvalue weighted by atomic mass is 9.91. The van der Waals surface area contributed by atoms with Gasteiger partial charge in [-0.1, -0.05) is 18.2 Å². The molecule has 1 aromatic rings. The second-order valence-corrected chi connectivity index (χ2v) is 5.55. The Kier molecular flexibility index (Phi) is 4.38. The third-order valence-corrected chi connectivity index (χ3v) is 3.84. The zero-order chi connectivity index (χ0) is 12.8. The Morgan fingerprint density at radius 2 is 2.39 bits per heavy atom. The third kappa shape index (κ3) is 3.85. The van der Waals surface area contributed by atoms with Gasteiger partial charge in [0.2, 0.25) is 0 Å². The van der Waals surface area contributed by atoms with Crippen LogP contribution in [0.3, 0.4) is 0 Å². The monoisotopic (exact) mass is 266 g/mol. The van der Waals surface area contributed by atoms with E-state index in [1.165, 1.54) is 0 Å². The van der Waals surface area contributed by atoms with Crippen molar-refractivity contribution >= 4 is 17.4 Å². The fraction of sp³-hybridized carbons (Fsp3) is 0.462. The number of aliphatic hydroxyl groups is 1. The molecule has 0 saturated carbocycles. The summed E-state index contributed by atoms with van der Waals surface area (Å²) in [7, 11) is 0. The van der Waals surface area contributed by atoms with Crippen LogP contribution in [-0.4, -0.2) is 23.3 Å². The predicted molar refractivity (Wildman–Crippen MR) is 72.5 cm³/mol. The van der Waals surface area contributed by atoms with Crippen molar-refractivity contribution in [3.05, 3.63) is 34.5 Å². The molecule has 0 radical (unpaired) electrons. The van der Waals surface area contributed by atoms with E-state index in [1.54, 1.807) is 17.4 Å². The molecule has 2 rings (SSSR count). The number of amides is 2. The molecule has 0 fully saturated rings. The van der Waals surface area contributed by atoms with Crippen LogP contribution in [0.2, 0.25) is 0 Å². The zero-order valence-electron chi connectivity index (χ0n) is 10.2. The molecule has 98 valence electrons. The zero-order valence-corrected chi connectivity index (χ0v) is 11.0. The Labute approximate surface area is 111 Å². The first-order valence-corrected chi connectivity index (χ1v) is 7.00. The molecule has 3 N–H and O–H groups in total. The predicted octanol–water partition coefficient (Wildman–Crippen LogP) is 2.02. The number of allylic oxidation sites excluding steroid dienone is 1. The number of hydrogen-bond donors (Lipinski definition) is 3. The standard InChI is InChI=1S/C13H18N2O2S/c16-12(14-9-11-5-4-8-18-11)15-10-13(17)6-2-1-3-7-13/h2,4-6,8,17H,1,3,7,9-10H2,(H2,14,15,16). The van der Waals surface area contributed by atoms with Gasteiger partial charge < -0.3 is 15.7 Å². The Bertz CT molecular complexity index is 417. The highest BCUT2D eigenvalue weighted by molar-refractivity contribution is 7.09. The van der Waals surface area contributed by atoms with Crippen LogP contribution >= 0.6 is 11.3 Å². The van der Waals surface area contributed by atoms with Gasteiger partial charge in [0.05, 0.1) is 13.1 Å². The maximum absolute atomic E-state index is 11.6. The van der Waals surface area contributed by atoms with E-state index in [1.807, 2.05) is 23.6 Å². The van der Waals surface area contributed by atoms with Crippen LogP contribution in [0.5, 0.6) is 0 Å². The number of carbonyl (C=O) groups is 1. The first kappa shape index (κ1) is 13.1. The van der Waals surface area contributed by atoms with Crippen LogP contribution in [0.15, 0.2) is 29.7 Å². The van der Waals surface area contributed by atoms with E-state index in [0.717, 1.165) is 17.7 Å². The molecule has 4 nitrogen and oxygen atoms in total. The molecule has 0 spiro atoms. The summed E-state index contributed by atoms with van der Waals surface area (Å²) < 4.78 is 0. The van der Waals surface area contributed by atoms with Crippen molar-refractivity contribution in [3.63, 3.8) is 0 Å². The average Bonchev–Trinajstić information content (AvgIpc) is 2.88. The van der Waals surface area contributed by atoms with Crippen LogP contribution < -0.4 is 10.6 Å². The number of hydrogen-bond acceptors (Lipinski definition) is 3. The highest BCUT2D eigenvalue weighted by Crippen LogP contribution is 2.20. The van der Waals surface area contributed by atoms with Crippen molar-refractivity contribution in [1.82, 2.24) is 10.6 Å². The van der Waals surface area contributed by atoms with E-state index >= 15 is 0 Å². The number of urea groups is 1. The van der Waals surface area contributed by atoms with E-state index in [9.17, 15) is 9.90 Å². The fourth-order valence-corrected chi connectivity index (χ4v) is 2.58. The number of nitrogens with one attached hydrogen (secondary N) is 2. The molecular weight excluding hydrogens is 248 g/mol. The third-order valence-electron chi connectivity index (χ3n) is 2.97. The Morgan fingerprint density at radius 1 is 1.50 bits per heavy atom.